The van der Waals surface area contributed by atoms with Gasteiger partial charge in [-0.15, -0.1) is 11.3 Å². The highest BCUT2D eigenvalue weighted by molar-refractivity contribution is 7.07. The van der Waals surface area contributed by atoms with Gasteiger partial charge < -0.3 is 9.40 Å². The fraction of sp³-hybridized carbons (Fsp3) is 0.0500. The average Bonchev–Trinajstić information content (AvgIpc) is 3.40. The van der Waals surface area contributed by atoms with Crippen molar-refractivity contribution >= 4 is 40.9 Å². The molecule has 28 heavy (non-hydrogen) atoms. The van der Waals surface area contributed by atoms with Gasteiger partial charge in [0.2, 0.25) is 5.78 Å². The molecule has 0 atom stereocenters. The van der Waals surface area contributed by atoms with Crippen LogP contribution >= 0.6 is 22.9 Å². The number of nitrogens with zero attached hydrogens (tertiary/aromatic N) is 2. The molecule has 1 N–H and O–H groups in total. The average molecular weight is 412 g/mol. The van der Waals surface area contributed by atoms with Gasteiger partial charge >= 0.3 is 0 Å². The lowest BCUT2D eigenvalue weighted by molar-refractivity contribution is 0.103. The van der Waals surface area contributed by atoms with Crippen LogP contribution in [0.5, 0.6) is 0 Å². The summed E-state index contributed by atoms with van der Waals surface area (Å²) in [5, 5.41) is 4.99. The van der Waals surface area contributed by atoms with E-state index in [1.165, 1.54) is 23.7 Å². The summed E-state index contributed by atoms with van der Waals surface area (Å²) in [5.74, 6) is -0.0813. The third-order valence-electron chi connectivity index (χ3n) is 3.95. The van der Waals surface area contributed by atoms with Crippen LogP contribution in [-0.4, -0.2) is 20.5 Å². The number of ketones is 1. The first-order valence-corrected chi connectivity index (χ1v) is 9.54. The number of halogens is 1. The summed E-state index contributed by atoms with van der Waals surface area (Å²) >= 11 is 7.38. The van der Waals surface area contributed by atoms with E-state index >= 15 is 0 Å². The van der Waals surface area contributed by atoms with Crippen LogP contribution < -0.4 is 14.8 Å². The van der Waals surface area contributed by atoms with Crippen LogP contribution in [0.15, 0.2) is 64.3 Å². The molecule has 3 aromatic heterocycles. The molecule has 0 saturated heterocycles. The van der Waals surface area contributed by atoms with Crippen molar-refractivity contribution in [3.05, 3.63) is 96.5 Å². The number of hydrogen-bond donors (Lipinski definition) is 1. The van der Waals surface area contributed by atoms with Crippen LogP contribution in [0.25, 0.3) is 12.2 Å². The second kappa shape index (κ2) is 7.84. The molecule has 0 aliphatic heterocycles. The molecule has 1 aromatic carbocycles. The number of aromatic nitrogens is 3. The fourth-order valence-electron chi connectivity index (χ4n) is 2.63. The van der Waals surface area contributed by atoms with Crippen molar-refractivity contribution in [1.82, 2.24) is 14.8 Å². The van der Waals surface area contributed by atoms with Crippen LogP contribution in [0.3, 0.4) is 0 Å². The Kier molecular flexibility index (Phi) is 5.10. The number of carbonyl (C=O) groups is 1. The molecule has 4 aromatic rings. The van der Waals surface area contributed by atoms with Gasteiger partial charge in [-0.2, -0.15) is 5.10 Å². The normalized spacial score (nSPS) is 12.6. The van der Waals surface area contributed by atoms with Gasteiger partial charge in [-0.3, -0.25) is 14.3 Å². The predicted octanol–water partition coefficient (Wildman–Crippen LogP) is 2.42. The Hall–Kier alpha value is -3.16. The Morgan fingerprint density at radius 3 is 2.93 bits per heavy atom. The minimum Gasteiger partial charge on any atom is -0.461 e. The fourth-order valence-corrected chi connectivity index (χ4v) is 3.71. The molecule has 0 saturated carbocycles. The third-order valence-corrected chi connectivity index (χ3v) is 5.28. The Balaban J connectivity index is 1.59. The quantitative estimate of drug-likeness (QED) is 0.511. The number of thiazole rings is 1. The number of hydrogen-bond acceptors (Lipinski definition) is 5. The molecule has 0 aliphatic rings. The van der Waals surface area contributed by atoms with E-state index in [9.17, 15) is 9.59 Å². The van der Waals surface area contributed by atoms with Crippen molar-refractivity contribution in [2.24, 2.45) is 0 Å². The molecule has 4 rings (SSSR count). The van der Waals surface area contributed by atoms with Gasteiger partial charge in [0.1, 0.15) is 0 Å². The maximum absolute atomic E-state index is 12.2. The highest BCUT2D eigenvalue weighted by Crippen LogP contribution is 2.16. The summed E-state index contributed by atoms with van der Waals surface area (Å²) in [7, 11) is 0. The lowest BCUT2D eigenvalue weighted by Gasteiger charge is -2.03. The van der Waals surface area contributed by atoms with Gasteiger partial charge in [0.05, 0.1) is 28.2 Å². The Bertz CT molecular complexity index is 1300. The van der Waals surface area contributed by atoms with E-state index in [0.717, 1.165) is 11.1 Å². The van der Waals surface area contributed by atoms with Gasteiger partial charge in [-0.05, 0) is 29.8 Å². The van der Waals surface area contributed by atoms with E-state index < -0.39 is 0 Å². The number of aromatic amines is 1. The molecule has 0 radical (unpaired) electrons. The first-order valence-electron chi connectivity index (χ1n) is 8.35. The monoisotopic (exact) mass is 411 g/mol. The Labute approximate surface area is 168 Å². The Morgan fingerprint density at radius 1 is 1.29 bits per heavy atom. The van der Waals surface area contributed by atoms with E-state index in [-0.39, 0.29) is 17.1 Å². The lowest BCUT2D eigenvalue weighted by Crippen LogP contribution is -2.19. The maximum Gasteiger partial charge on any atom is 0.266 e. The van der Waals surface area contributed by atoms with Crippen molar-refractivity contribution in [3.8, 4) is 0 Å². The SMILES string of the molecule is O=C(/C=c1/[nH]c(=O)/c(=C\c2cnn(Cc3ccccc3Cl)c2)s1)c1ccco1. The predicted molar refractivity (Wildman–Crippen MR) is 108 cm³/mol. The largest absolute Gasteiger partial charge is 0.461 e. The summed E-state index contributed by atoms with van der Waals surface area (Å²) in [4.78, 5) is 26.9. The van der Waals surface area contributed by atoms with Crippen LogP contribution in [0, 0.1) is 0 Å². The summed E-state index contributed by atoms with van der Waals surface area (Å²) in [6.45, 7) is 0.533. The number of furan rings is 1. The minimum absolute atomic E-state index is 0.223. The summed E-state index contributed by atoms with van der Waals surface area (Å²) in [6.07, 6.45) is 8.02. The number of H-pyrrole nitrogens is 1. The van der Waals surface area contributed by atoms with Gasteiger partial charge in [-0.25, -0.2) is 0 Å². The van der Waals surface area contributed by atoms with Gasteiger partial charge in [-0.1, -0.05) is 29.8 Å². The zero-order valence-corrected chi connectivity index (χ0v) is 16.0. The molecular formula is C20H14ClN3O3S. The molecule has 0 amide bonds. The van der Waals surface area contributed by atoms with E-state index in [1.807, 2.05) is 30.5 Å². The molecule has 0 fully saturated rings. The highest BCUT2D eigenvalue weighted by atomic mass is 35.5. The molecule has 0 bridgehead atoms. The smallest absolute Gasteiger partial charge is 0.266 e. The topological polar surface area (TPSA) is 80.9 Å². The van der Waals surface area contributed by atoms with Crippen LogP contribution in [0.2, 0.25) is 5.02 Å². The van der Waals surface area contributed by atoms with Gasteiger partial charge in [0.25, 0.3) is 5.56 Å². The molecule has 0 unspecified atom stereocenters. The summed E-state index contributed by atoms with van der Waals surface area (Å²) in [5.41, 5.74) is 1.48. The standard InChI is InChI=1S/C20H14ClN3O3S/c21-15-5-2-1-4-14(15)12-24-11-13(10-22-24)8-18-20(26)23-19(28-18)9-16(25)17-6-3-7-27-17/h1-11H,12H2,(H,23,26)/b18-8+,19-9-. The van der Waals surface area contributed by atoms with Crippen molar-refractivity contribution < 1.29 is 9.21 Å². The van der Waals surface area contributed by atoms with E-state index in [4.69, 9.17) is 16.0 Å². The summed E-state index contributed by atoms with van der Waals surface area (Å²) < 4.78 is 7.76. The molecular weight excluding hydrogens is 398 g/mol. The number of rotatable bonds is 5. The molecule has 140 valence electrons. The van der Waals surface area contributed by atoms with Gasteiger partial charge in [0, 0.05) is 22.9 Å². The number of nitrogens with one attached hydrogen (secondary N) is 1. The van der Waals surface area contributed by atoms with Crippen molar-refractivity contribution in [2.45, 2.75) is 6.54 Å². The molecule has 6 nitrogen and oxygen atoms in total. The summed E-state index contributed by atoms with van der Waals surface area (Å²) in [6, 6.07) is 10.8. The van der Waals surface area contributed by atoms with Crippen molar-refractivity contribution in [2.75, 3.05) is 0 Å². The highest BCUT2D eigenvalue weighted by Gasteiger charge is 2.06. The van der Waals surface area contributed by atoms with E-state index in [0.29, 0.717) is 20.8 Å². The second-order valence-electron chi connectivity index (χ2n) is 5.98. The molecule has 8 heteroatoms. The second-order valence-corrected chi connectivity index (χ2v) is 7.47. The number of Topliss-reactive ketones (excluding diaryl/α,β-unsaturated/α-hetero) is 1. The van der Waals surface area contributed by atoms with Crippen LogP contribution in [0.4, 0.5) is 0 Å². The number of carbonyl (C=O) groups excluding carboxylic acids is 1. The molecule has 3 heterocycles. The molecule has 0 aliphatic carbocycles. The van der Waals surface area contributed by atoms with Gasteiger partial charge in [0.15, 0.2) is 5.76 Å². The third kappa shape index (κ3) is 4.05. The van der Waals surface area contributed by atoms with E-state index in [1.54, 1.807) is 29.1 Å². The van der Waals surface area contributed by atoms with E-state index in [2.05, 4.69) is 10.1 Å². The lowest BCUT2D eigenvalue weighted by atomic mass is 10.2. The first-order chi connectivity index (χ1) is 13.6. The maximum atomic E-state index is 12.2. The zero-order chi connectivity index (χ0) is 19.5. The van der Waals surface area contributed by atoms with Crippen molar-refractivity contribution in [1.29, 1.82) is 0 Å². The minimum atomic E-state index is -0.304. The number of benzene rings is 1. The first kappa shape index (κ1) is 18.2. The van der Waals surface area contributed by atoms with Crippen molar-refractivity contribution in [3.63, 3.8) is 0 Å². The molecule has 0 spiro atoms. The van der Waals surface area contributed by atoms with Crippen LogP contribution in [-0.2, 0) is 6.54 Å². The van der Waals surface area contributed by atoms with Crippen LogP contribution in [0.1, 0.15) is 21.7 Å². The Morgan fingerprint density at radius 2 is 2.14 bits per heavy atom. The zero-order valence-electron chi connectivity index (χ0n) is 14.5.